The zero-order valence-electron chi connectivity index (χ0n) is 8.90. The first kappa shape index (κ1) is 10.8. The summed E-state index contributed by atoms with van der Waals surface area (Å²) in [5.41, 5.74) is 6.74. The quantitative estimate of drug-likeness (QED) is 0.859. The van der Waals surface area contributed by atoms with Crippen molar-refractivity contribution in [3.05, 3.63) is 35.5 Å². The maximum absolute atomic E-state index is 13.3. The molecule has 0 atom stereocenters. The molecule has 5 heteroatoms. The summed E-state index contributed by atoms with van der Waals surface area (Å²) in [7, 11) is 0. The van der Waals surface area contributed by atoms with Crippen LogP contribution in [-0.4, -0.2) is 10.1 Å². The zero-order valence-corrected chi connectivity index (χ0v) is 8.90. The average molecular weight is 221 g/mol. The van der Waals surface area contributed by atoms with Crippen LogP contribution in [0.15, 0.2) is 22.7 Å². The van der Waals surface area contributed by atoms with Crippen LogP contribution in [0, 0.1) is 5.82 Å². The minimum Gasteiger partial charge on any atom is -0.338 e. The molecule has 2 N–H and O–H groups in total. The molecule has 0 radical (unpaired) electrons. The van der Waals surface area contributed by atoms with Crippen molar-refractivity contribution < 1.29 is 8.91 Å². The van der Waals surface area contributed by atoms with Crippen LogP contribution >= 0.6 is 0 Å². The molecule has 0 unspecified atom stereocenters. The van der Waals surface area contributed by atoms with Crippen LogP contribution in [-0.2, 0) is 13.0 Å². The number of halogens is 1. The van der Waals surface area contributed by atoms with Crippen molar-refractivity contribution in [1.29, 1.82) is 0 Å². The Labute approximate surface area is 92.3 Å². The average Bonchev–Trinajstić information content (AvgIpc) is 2.78. The van der Waals surface area contributed by atoms with Gasteiger partial charge in [-0.05, 0) is 30.2 Å². The number of aryl methyl sites for hydroxylation is 1. The monoisotopic (exact) mass is 221 g/mol. The lowest BCUT2D eigenvalue weighted by Crippen LogP contribution is -1.96. The highest BCUT2D eigenvalue weighted by atomic mass is 19.1. The summed E-state index contributed by atoms with van der Waals surface area (Å²) < 4.78 is 18.2. The first-order valence-electron chi connectivity index (χ1n) is 5.06. The van der Waals surface area contributed by atoms with E-state index < -0.39 is 0 Å². The lowest BCUT2D eigenvalue weighted by molar-refractivity contribution is 0.380. The van der Waals surface area contributed by atoms with Crippen molar-refractivity contribution in [2.45, 2.75) is 19.9 Å². The van der Waals surface area contributed by atoms with Gasteiger partial charge in [0, 0.05) is 5.56 Å². The van der Waals surface area contributed by atoms with Gasteiger partial charge >= 0.3 is 0 Å². The van der Waals surface area contributed by atoms with E-state index in [0.29, 0.717) is 23.7 Å². The first-order chi connectivity index (χ1) is 7.74. The van der Waals surface area contributed by atoms with E-state index in [4.69, 9.17) is 10.3 Å². The summed E-state index contributed by atoms with van der Waals surface area (Å²) in [5, 5.41) is 3.77. The van der Waals surface area contributed by atoms with E-state index in [1.807, 2.05) is 6.92 Å². The fraction of sp³-hybridized carbons (Fsp3) is 0.273. The van der Waals surface area contributed by atoms with Gasteiger partial charge in [-0.3, -0.25) is 0 Å². The molecule has 2 aromatic rings. The Hall–Kier alpha value is -1.75. The minimum absolute atomic E-state index is 0.203. The number of rotatable bonds is 3. The van der Waals surface area contributed by atoms with Crippen LogP contribution in [0.5, 0.6) is 0 Å². The van der Waals surface area contributed by atoms with Gasteiger partial charge in [0.15, 0.2) is 0 Å². The molecule has 1 heterocycles. The lowest BCUT2D eigenvalue weighted by Gasteiger charge is -2.00. The van der Waals surface area contributed by atoms with Gasteiger partial charge in [-0.25, -0.2) is 4.39 Å². The van der Waals surface area contributed by atoms with E-state index in [2.05, 4.69) is 10.1 Å². The molecule has 0 aliphatic carbocycles. The van der Waals surface area contributed by atoms with Crippen molar-refractivity contribution in [3.63, 3.8) is 0 Å². The molecule has 0 aliphatic heterocycles. The summed E-state index contributed by atoms with van der Waals surface area (Å²) in [6, 6.07) is 4.76. The van der Waals surface area contributed by atoms with Crippen molar-refractivity contribution >= 4 is 0 Å². The Morgan fingerprint density at radius 2 is 2.25 bits per heavy atom. The lowest BCUT2D eigenvalue weighted by atomic mass is 10.1. The van der Waals surface area contributed by atoms with Crippen LogP contribution < -0.4 is 5.73 Å². The van der Waals surface area contributed by atoms with Crippen LogP contribution in [0.1, 0.15) is 18.4 Å². The summed E-state index contributed by atoms with van der Waals surface area (Å²) in [6.45, 7) is 2.10. The summed E-state index contributed by atoms with van der Waals surface area (Å²) in [6.07, 6.45) is 0.626. The second kappa shape index (κ2) is 4.40. The van der Waals surface area contributed by atoms with Gasteiger partial charge in [-0.1, -0.05) is 12.1 Å². The maximum Gasteiger partial charge on any atom is 0.240 e. The molecule has 1 aromatic heterocycles. The molecular weight excluding hydrogens is 209 g/mol. The highest BCUT2D eigenvalue weighted by molar-refractivity contribution is 5.55. The van der Waals surface area contributed by atoms with Gasteiger partial charge in [-0.15, -0.1) is 0 Å². The van der Waals surface area contributed by atoms with Crippen LogP contribution in [0.25, 0.3) is 11.4 Å². The van der Waals surface area contributed by atoms with Gasteiger partial charge in [-0.2, -0.15) is 4.98 Å². The Morgan fingerprint density at radius 3 is 2.88 bits per heavy atom. The zero-order chi connectivity index (χ0) is 11.5. The third-order valence-corrected chi connectivity index (χ3v) is 2.33. The standard InChI is InChI=1S/C11H12FN3O/c1-2-7-5-8(3-4-9(7)12)11-14-10(6-13)16-15-11/h3-5H,2,6,13H2,1H3. The molecule has 4 nitrogen and oxygen atoms in total. The molecule has 16 heavy (non-hydrogen) atoms. The Balaban J connectivity index is 2.40. The summed E-state index contributed by atoms with van der Waals surface area (Å²) in [4.78, 5) is 4.08. The molecule has 0 amide bonds. The Bertz CT molecular complexity index is 496. The van der Waals surface area contributed by atoms with Gasteiger partial charge in [0.2, 0.25) is 11.7 Å². The number of nitrogens with two attached hydrogens (primary N) is 1. The fourth-order valence-corrected chi connectivity index (χ4v) is 1.44. The third kappa shape index (κ3) is 1.94. The maximum atomic E-state index is 13.3. The minimum atomic E-state index is -0.214. The number of hydrogen-bond donors (Lipinski definition) is 1. The Kier molecular flexibility index (Phi) is 2.96. The molecule has 2 rings (SSSR count). The fourth-order valence-electron chi connectivity index (χ4n) is 1.44. The van der Waals surface area contributed by atoms with E-state index in [1.54, 1.807) is 12.1 Å². The smallest absolute Gasteiger partial charge is 0.240 e. The molecule has 0 saturated heterocycles. The van der Waals surface area contributed by atoms with E-state index in [9.17, 15) is 4.39 Å². The number of hydrogen-bond acceptors (Lipinski definition) is 4. The molecule has 0 saturated carbocycles. The van der Waals surface area contributed by atoms with E-state index in [1.165, 1.54) is 6.07 Å². The van der Waals surface area contributed by atoms with Gasteiger partial charge in [0.05, 0.1) is 6.54 Å². The normalized spacial score (nSPS) is 10.7. The van der Waals surface area contributed by atoms with Crippen LogP contribution in [0.2, 0.25) is 0 Å². The molecular formula is C11H12FN3O. The third-order valence-electron chi connectivity index (χ3n) is 2.33. The highest BCUT2D eigenvalue weighted by Crippen LogP contribution is 2.19. The Morgan fingerprint density at radius 1 is 1.44 bits per heavy atom. The van der Waals surface area contributed by atoms with E-state index >= 15 is 0 Å². The number of nitrogens with zero attached hydrogens (tertiary/aromatic N) is 2. The molecule has 0 spiro atoms. The second-order valence-corrected chi connectivity index (χ2v) is 3.38. The first-order valence-corrected chi connectivity index (χ1v) is 5.06. The van der Waals surface area contributed by atoms with Crippen LogP contribution in [0.3, 0.4) is 0 Å². The summed E-state index contributed by atoms with van der Waals surface area (Å²) >= 11 is 0. The molecule has 0 fully saturated rings. The SMILES string of the molecule is CCc1cc(-c2noc(CN)n2)ccc1F. The topological polar surface area (TPSA) is 64.9 Å². The molecule has 0 bridgehead atoms. The van der Waals surface area contributed by atoms with Crippen molar-refractivity contribution in [1.82, 2.24) is 10.1 Å². The van der Waals surface area contributed by atoms with E-state index in [0.717, 1.165) is 5.56 Å². The van der Waals surface area contributed by atoms with Crippen molar-refractivity contribution in [3.8, 4) is 11.4 Å². The number of aromatic nitrogens is 2. The van der Waals surface area contributed by atoms with Gasteiger partial charge in [0.1, 0.15) is 5.82 Å². The van der Waals surface area contributed by atoms with Crippen molar-refractivity contribution in [2.75, 3.05) is 0 Å². The molecule has 84 valence electrons. The molecule has 0 aliphatic rings. The predicted octanol–water partition coefficient (Wildman–Crippen LogP) is 1.90. The summed E-state index contributed by atoms with van der Waals surface area (Å²) in [5.74, 6) is 0.598. The second-order valence-electron chi connectivity index (χ2n) is 3.38. The molecule has 1 aromatic carbocycles. The van der Waals surface area contributed by atoms with Gasteiger partial charge < -0.3 is 10.3 Å². The largest absolute Gasteiger partial charge is 0.338 e. The van der Waals surface area contributed by atoms with E-state index in [-0.39, 0.29) is 12.4 Å². The van der Waals surface area contributed by atoms with Crippen LogP contribution in [0.4, 0.5) is 4.39 Å². The predicted molar refractivity (Wildman–Crippen MR) is 57.0 cm³/mol. The van der Waals surface area contributed by atoms with Crippen molar-refractivity contribution in [2.24, 2.45) is 5.73 Å². The highest BCUT2D eigenvalue weighted by Gasteiger charge is 2.09. The number of benzene rings is 1. The van der Waals surface area contributed by atoms with Gasteiger partial charge in [0.25, 0.3) is 0 Å².